The summed E-state index contributed by atoms with van der Waals surface area (Å²) >= 11 is 0. The van der Waals surface area contributed by atoms with Crippen molar-refractivity contribution >= 4 is 5.97 Å². The van der Waals surface area contributed by atoms with Gasteiger partial charge < -0.3 is 21.6 Å². The first-order valence-electron chi connectivity index (χ1n) is 3.31. The Morgan fingerprint density at radius 3 is 2.83 bits per heavy atom. The first kappa shape index (κ1) is 8.69. The Morgan fingerprint density at radius 1 is 1.75 bits per heavy atom. The van der Waals surface area contributed by atoms with Crippen LogP contribution >= 0.6 is 0 Å². The van der Waals surface area contributed by atoms with Crippen LogP contribution < -0.4 is 11.5 Å². The number of carbonyl (C=O) groups is 1. The van der Waals surface area contributed by atoms with E-state index >= 15 is 0 Å². The van der Waals surface area contributed by atoms with Crippen LogP contribution in [0.4, 0.5) is 0 Å². The van der Waals surface area contributed by atoms with Gasteiger partial charge in [-0.3, -0.25) is 0 Å². The molecule has 66 valence electrons. The summed E-state index contributed by atoms with van der Waals surface area (Å²) in [5.41, 5.74) is 9.34. The van der Waals surface area contributed by atoms with E-state index in [0.29, 0.717) is 5.69 Å². The van der Waals surface area contributed by atoms with Gasteiger partial charge in [-0.15, -0.1) is 0 Å². The standard InChI is InChI=1S/C6H10N4O2/c7-6(8,5(11)12)1-4-2-9-3-10-4/h2-3H,1,7-8H2,(H,9,10)(H,11,12)/i1+1,2+1,3+1,4+1,5+1,6+1,7+1/t6-/m0/s1. The number of nitrogens with one attached hydrogen (secondary N) is 1. The summed E-state index contributed by atoms with van der Waals surface area (Å²) < 4.78 is 0. The van der Waals surface area contributed by atoms with Crippen molar-refractivity contribution in [2.24, 2.45) is 11.5 Å². The summed E-state index contributed by atoms with van der Waals surface area (Å²) in [5.74, 6) is -1.24. The number of H-pyrrole nitrogens is 1. The maximum Gasteiger partial charge on any atom is 0.338 e. The lowest BCUT2D eigenvalue weighted by atomic mass is 11.0. The number of nitrogens with zero attached hydrogens (tertiary/aromatic N) is 1. The number of nitrogens with two attached hydrogens (primary N) is 2. The van der Waals surface area contributed by atoms with Crippen LogP contribution in [-0.4, -0.2) is 26.7 Å². The van der Waals surface area contributed by atoms with Crippen molar-refractivity contribution in [3.63, 3.8) is 0 Å². The van der Waals surface area contributed by atoms with Gasteiger partial charge in [0.05, 0.1) is 12.0 Å². The van der Waals surface area contributed by atoms with Gasteiger partial charge in [0, 0.05) is 12.6 Å². The summed E-state index contributed by atoms with van der Waals surface area (Å²) in [5, 5.41) is 8.55. The number of imidazole rings is 1. The molecule has 0 aliphatic heterocycles. The Bertz CT molecular complexity index is 267. The fourth-order valence-corrected chi connectivity index (χ4v) is 0.763. The van der Waals surface area contributed by atoms with E-state index in [4.69, 9.17) is 16.6 Å². The average Bonchev–Trinajstić information content (AvgIpc) is 2.38. The van der Waals surface area contributed by atoms with Crippen LogP contribution in [0.3, 0.4) is 0 Å². The van der Waals surface area contributed by atoms with Crippen LogP contribution in [0.1, 0.15) is 5.69 Å². The van der Waals surface area contributed by atoms with Crippen molar-refractivity contribution in [2.75, 3.05) is 0 Å². The van der Waals surface area contributed by atoms with Crippen molar-refractivity contribution in [3.8, 4) is 0 Å². The molecule has 6 N–H and O–H groups in total. The lowest BCUT2D eigenvalue weighted by Crippen LogP contribution is -2.58. The molecule has 6 nitrogen and oxygen atoms in total. The molecule has 0 saturated heterocycles. The van der Waals surface area contributed by atoms with Gasteiger partial charge in [0.1, 0.15) is 0 Å². The number of hydrogen-bond donors (Lipinski definition) is 4. The fourth-order valence-electron chi connectivity index (χ4n) is 0.763. The summed E-state index contributed by atoms with van der Waals surface area (Å²) in [6, 6.07) is 0. The third kappa shape index (κ3) is 1.80. The van der Waals surface area contributed by atoms with E-state index in [9.17, 15) is 4.79 Å². The van der Waals surface area contributed by atoms with Crippen molar-refractivity contribution < 1.29 is 9.90 Å². The molecule has 1 aromatic rings. The van der Waals surface area contributed by atoms with Crippen LogP contribution in [0.5, 0.6) is 0 Å². The fraction of sp³-hybridized carbons (Fsp3) is 0.333. The molecule has 0 saturated carbocycles. The Labute approximate surface area is 68.6 Å². The molecule has 0 unspecified atom stereocenters. The van der Waals surface area contributed by atoms with Gasteiger partial charge in [-0.05, 0) is 0 Å². The first-order valence-corrected chi connectivity index (χ1v) is 3.31. The highest BCUT2D eigenvalue weighted by atomic mass is 16.5. The molecule has 0 bridgehead atoms. The zero-order valence-corrected chi connectivity index (χ0v) is 6.32. The highest BCUT2D eigenvalue weighted by molar-refractivity contribution is 5.77. The molecule has 0 aromatic carbocycles. The normalized spacial score (nSPS) is 15.5. The molecule has 0 aliphatic rings. The number of aliphatic carboxylic acids is 1. The SMILES string of the molecule is N[13C@@]([15NH2])([13CH2][13c]1[13cH][nH][13cH]n1)[13C](=O)O. The Morgan fingerprint density at radius 2 is 2.42 bits per heavy atom. The Hall–Kier alpha value is -1.40. The van der Waals surface area contributed by atoms with E-state index in [1.54, 1.807) is 6.20 Å². The van der Waals surface area contributed by atoms with Crippen LogP contribution in [0.2, 0.25) is 0 Å². The molecule has 1 aromatic heterocycles. The van der Waals surface area contributed by atoms with Crippen LogP contribution in [0.25, 0.3) is 0 Å². The number of hydrogen-bond acceptors (Lipinski definition) is 4. The number of rotatable bonds is 3. The van der Waals surface area contributed by atoms with Gasteiger partial charge >= 0.3 is 5.97 Å². The largest absolute Gasteiger partial charge is 0.479 e. The molecule has 1 atom stereocenters. The highest BCUT2D eigenvalue weighted by Gasteiger charge is 2.29. The zero-order chi connectivity index (χ0) is 9.19. The predicted octanol–water partition coefficient (Wildman–Crippen LogP) is -1.35. The average molecular weight is 177 g/mol. The van der Waals surface area contributed by atoms with Gasteiger partial charge in [0.2, 0.25) is 0 Å². The molecule has 0 radical (unpaired) electrons. The minimum Gasteiger partial charge on any atom is -0.479 e. The molecular weight excluding hydrogens is 167 g/mol. The lowest BCUT2D eigenvalue weighted by molar-refractivity contribution is -0.143. The quantitative estimate of drug-likeness (QED) is 0.258. The molecule has 12 heavy (non-hydrogen) atoms. The van der Waals surface area contributed by atoms with Gasteiger partial charge in [-0.25, -0.2) is 9.78 Å². The van der Waals surface area contributed by atoms with E-state index < -0.39 is 11.6 Å². The third-order valence-corrected chi connectivity index (χ3v) is 1.43. The number of carboxylic acid groups (broad SMARTS) is 1. The van der Waals surface area contributed by atoms with E-state index in [-0.39, 0.29) is 6.42 Å². The molecular formula is C6H10N4O2. The number of aromatic amines is 1. The zero-order valence-electron chi connectivity index (χ0n) is 6.32. The summed E-state index contributed by atoms with van der Waals surface area (Å²) in [4.78, 5) is 16.9. The van der Waals surface area contributed by atoms with Crippen molar-refractivity contribution in [1.29, 1.82) is 0 Å². The Kier molecular flexibility index (Phi) is 2.11. The monoisotopic (exact) mass is 177 g/mol. The molecule has 1 rings (SSSR count). The summed E-state index contributed by atoms with van der Waals surface area (Å²) in [6.07, 6.45) is 3.00. The van der Waals surface area contributed by atoms with Crippen molar-refractivity contribution in [2.45, 2.75) is 12.1 Å². The summed E-state index contributed by atoms with van der Waals surface area (Å²) in [6.45, 7) is 0. The molecule has 0 aliphatic carbocycles. The minimum absolute atomic E-state index is 0.00579. The molecule has 1 heterocycles. The highest BCUT2D eigenvalue weighted by Crippen LogP contribution is 2.02. The van der Waals surface area contributed by atoms with E-state index in [1.807, 2.05) is 0 Å². The molecule has 0 spiro atoms. The van der Waals surface area contributed by atoms with Crippen LogP contribution in [-0.2, 0) is 11.2 Å². The van der Waals surface area contributed by atoms with Gasteiger partial charge in [0.25, 0.3) is 0 Å². The minimum atomic E-state index is -1.74. The second-order valence-corrected chi connectivity index (χ2v) is 2.58. The van der Waals surface area contributed by atoms with E-state index in [1.165, 1.54) is 6.33 Å². The first-order chi connectivity index (χ1) is 5.52. The van der Waals surface area contributed by atoms with Crippen molar-refractivity contribution in [1.82, 2.24) is 9.97 Å². The number of carboxylic acids is 1. The second kappa shape index (κ2) is 2.92. The number of aromatic nitrogens is 2. The smallest absolute Gasteiger partial charge is 0.338 e. The lowest BCUT2D eigenvalue weighted by Gasteiger charge is -2.16. The van der Waals surface area contributed by atoms with Crippen LogP contribution in [0.15, 0.2) is 12.5 Å². The van der Waals surface area contributed by atoms with Gasteiger partial charge in [-0.2, -0.15) is 0 Å². The van der Waals surface area contributed by atoms with E-state index in [0.717, 1.165) is 0 Å². The van der Waals surface area contributed by atoms with Crippen molar-refractivity contribution in [3.05, 3.63) is 18.2 Å². The van der Waals surface area contributed by atoms with Gasteiger partial charge in [0.15, 0.2) is 5.66 Å². The van der Waals surface area contributed by atoms with Crippen LogP contribution in [0, 0.1) is 0 Å². The van der Waals surface area contributed by atoms with Gasteiger partial charge in [-0.1, -0.05) is 0 Å². The summed E-state index contributed by atoms with van der Waals surface area (Å²) in [7, 11) is 0. The predicted molar refractivity (Wildman–Crippen MR) is 41.0 cm³/mol. The molecule has 6 heteroatoms. The third-order valence-electron chi connectivity index (χ3n) is 1.43. The Balaban J connectivity index is 2.69. The maximum absolute atomic E-state index is 10.5. The van der Waals surface area contributed by atoms with E-state index in [2.05, 4.69) is 9.97 Å². The topological polar surface area (TPSA) is 118 Å². The second-order valence-electron chi connectivity index (χ2n) is 2.58. The molecule has 0 fully saturated rings. The molecule has 0 amide bonds. The maximum atomic E-state index is 10.5.